The molecule has 0 bridgehead atoms. The molecule has 2 aromatic rings. The third-order valence-corrected chi connectivity index (χ3v) is 2.98. The third kappa shape index (κ3) is 2.07. The van der Waals surface area contributed by atoms with E-state index < -0.39 is 0 Å². The van der Waals surface area contributed by atoms with E-state index in [0.717, 1.165) is 29.9 Å². The number of pyridine rings is 1. The van der Waals surface area contributed by atoms with E-state index in [4.69, 9.17) is 5.73 Å². The van der Waals surface area contributed by atoms with Crippen molar-refractivity contribution in [2.75, 3.05) is 17.7 Å². The Kier molecular flexibility index (Phi) is 3.11. The maximum absolute atomic E-state index is 5.80. The summed E-state index contributed by atoms with van der Waals surface area (Å²) in [6.45, 7) is 0.952. The first-order chi connectivity index (χ1) is 7.33. The minimum atomic E-state index is 0.698. The van der Waals surface area contributed by atoms with Crippen LogP contribution < -0.4 is 5.73 Å². The number of hydrogen-bond acceptors (Lipinski definition) is 4. The molecule has 0 aliphatic rings. The summed E-state index contributed by atoms with van der Waals surface area (Å²) in [6.07, 6.45) is 6.78. The Labute approximate surface area is 92.9 Å². The van der Waals surface area contributed by atoms with Crippen molar-refractivity contribution in [1.82, 2.24) is 14.5 Å². The van der Waals surface area contributed by atoms with Gasteiger partial charge in [0, 0.05) is 12.7 Å². The Hall–Kier alpha value is -1.23. The molecule has 0 amide bonds. The molecule has 0 unspecified atom stereocenters. The van der Waals surface area contributed by atoms with Crippen molar-refractivity contribution < 1.29 is 0 Å². The fraction of sp³-hybridized carbons (Fsp3) is 0.400. The van der Waals surface area contributed by atoms with E-state index in [1.54, 1.807) is 12.3 Å². The fourth-order valence-corrected chi connectivity index (χ4v) is 1.94. The van der Waals surface area contributed by atoms with Gasteiger partial charge in [0.1, 0.15) is 5.52 Å². The first-order valence-electron chi connectivity index (χ1n) is 4.87. The molecule has 2 heterocycles. The number of aryl methyl sites for hydroxylation is 1. The number of nitrogen functional groups attached to an aromatic ring is 1. The molecule has 0 aliphatic carbocycles. The lowest BCUT2D eigenvalue weighted by molar-refractivity contribution is 0.697. The Bertz CT molecular complexity index is 452. The van der Waals surface area contributed by atoms with Crippen LogP contribution in [-0.4, -0.2) is 26.5 Å². The average molecular weight is 222 g/mol. The number of fused-ring (bicyclic) bond motifs is 1. The number of imidazole rings is 1. The van der Waals surface area contributed by atoms with Gasteiger partial charge in [0.05, 0.1) is 12.0 Å². The maximum atomic E-state index is 5.80. The molecule has 80 valence electrons. The molecule has 2 rings (SSSR count). The molecule has 0 fully saturated rings. The molecular weight excluding hydrogens is 208 g/mol. The summed E-state index contributed by atoms with van der Waals surface area (Å²) in [5.74, 6) is 1.15. The van der Waals surface area contributed by atoms with Gasteiger partial charge >= 0.3 is 0 Å². The monoisotopic (exact) mass is 222 g/mol. The van der Waals surface area contributed by atoms with Crippen LogP contribution in [0, 0.1) is 0 Å². The van der Waals surface area contributed by atoms with Crippen molar-refractivity contribution >= 4 is 28.6 Å². The van der Waals surface area contributed by atoms with Crippen LogP contribution >= 0.6 is 11.8 Å². The van der Waals surface area contributed by atoms with E-state index >= 15 is 0 Å². The molecule has 0 saturated heterocycles. The van der Waals surface area contributed by atoms with Gasteiger partial charge in [0.2, 0.25) is 0 Å². The van der Waals surface area contributed by atoms with Gasteiger partial charge in [0.25, 0.3) is 0 Å². The Morgan fingerprint density at radius 3 is 3.13 bits per heavy atom. The van der Waals surface area contributed by atoms with Crippen LogP contribution in [0.15, 0.2) is 18.6 Å². The minimum Gasteiger partial charge on any atom is -0.397 e. The fourth-order valence-electron chi connectivity index (χ4n) is 1.52. The summed E-state index contributed by atoms with van der Waals surface area (Å²) in [6, 6.07) is 1.78. The number of rotatable bonds is 4. The van der Waals surface area contributed by atoms with Crippen molar-refractivity contribution in [3.63, 3.8) is 0 Å². The molecule has 0 aliphatic heterocycles. The van der Waals surface area contributed by atoms with Crippen molar-refractivity contribution in [1.29, 1.82) is 0 Å². The van der Waals surface area contributed by atoms with Gasteiger partial charge in [-0.3, -0.25) is 0 Å². The second kappa shape index (κ2) is 4.53. The minimum absolute atomic E-state index is 0.698. The highest BCUT2D eigenvalue weighted by atomic mass is 32.2. The quantitative estimate of drug-likeness (QED) is 0.801. The normalized spacial score (nSPS) is 11.0. The Morgan fingerprint density at radius 1 is 1.47 bits per heavy atom. The van der Waals surface area contributed by atoms with Gasteiger partial charge in [-0.05, 0) is 24.5 Å². The molecule has 2 N–H and O–H groups in total. The van der Waals surface area contributed by atoms with E-state index in [0.29, 0.717) is 5.69 Å². The molecule has 15 heavy (non-hydrogen) atoms. The number of aromatic nitrogens is 3. The predicted octanol–water partition coefficient (Wildman–Crippen LogP) is 1.77. The first-order valence-corrected chi connectivity index (χ1v) is 6.26. The molecule has 2 aromatic heterocycles. The van der Waals surface area contributed by atoms with E-state index in [2.05, 4.69) is 20.8 Å². The van der Waals surface area contributed by atoms with E-state index in [9.17, 15) is 0 Å². The van der Waals surface area contributed by atoms with Gasteiger partial charge in [0.15, 0.2) is 5.65 Å². The Balaban J connectivity index is 2.25. The summed E-state index contributed by atoms with van der Waals surface area (Å²) in [4.78, 5) is 8.56. The smallest absolute Gasteiger partial charge is 0.161 e. The SMILES string of the molecule is CSCCCn1cnc2c(N)ccnc21. The van der Waals surface area contributed by atoms with Gasteiger partial charge in [-0.15, -0.1) is 0 Å². The van der Waals surface area contributed by atoms with E-state index in [1.807, 2.05) is 18.1 Å². The zero-order chi connectivity index (χ0) is 10.7. The van der Waals surface area contributed by atoms with Gasteiger partial charge in [-0.1, -0.05) is 0 Å². The van der Waals surface area contributed by atoms with Crippen LogP contribution in [0.3, 0.4) is 0 Å². The van der Waals surface area contributed by atoms with Gasteiger partial charge in [-0.2, -0.15) is 11.8 Å². The van der Waals surface area contributed by atoms with Crippen LogP contribution in [-0.2, 0) is 6.54 Å². The van der Waals surface area contributed by atoms with Crippen LogP contribution in [0.4, 0.5) is 5.69 Å². The first kappa shape index (κ1) is 10.3. The molecule has 0 saturated carbocycles. The van der Waals surface area contributed by atoms with Gasteiger partial charge < -0.3 is 10.3 Å². The van der Waals surface area contributed by atoms with Crippen LogP contribution in [0.5, 0.6) is 0 Å². The highest BCUT2D eigenvalue weighted by Gasteiger charge is 2.05. The van der Waals surface area contributed by atoms with Gasteiger partial charge in [-0.25, -0.2) is 9.97 Å². The number of thioether (sulfide) groups is 1. The molecule has 0 atom stereocenters. The highest BCUT2D eigenvalue weighted by Crippen LogP contribution is 2.16. The average Bonchev–Trinajstić information content (AvgIpc) is 2.64. The number of hydrogen-bond donors (Lipinski definition) is 1. The number of nitrogens with zero attached hydrogens (tertiary/aromatic N) is 3. The van der Waals surface area contributed by atoms with Crippen LogP contribution in [0.1, 0.15) is 6.42 Å². The number of anilines is 1. The van der Waals surface area contributed by atoms with E-state index in [1.165, 1.54) is 0 Å². The second-order valence-corrected chi connectivity index (χ2v) is 4.34. The molecule has 4 nitrogen and oxygen atoms in total. The predicted molar refractivity (Wildman–Crippen MR) is 64.9 cm³/mol. The molecule has 0 radical (unpaired) electrons. The molecule has 5 heteroatoms. The standard InChI is InChI=1S/C10H14N4S/c1-15-6-2-5-14-7-13-9-8(11)3-4-12-10(9)14/h3-4,7H,2,5-6H2,1H3,(H2,11,12). The van der Waals surface area contributed by atoms with Crippen LogP contribution in [0.2, 0.25) is 0 Å². The highest BCUT2D eigenvalue weighted by molar-refractivity contribution is 7.98. The zero-order valence-electron chi connectivity index (χ0n) is 8.68. The molecule has 0 aromatic carbocycles. The third-order valence-electron chi connectivity index (χ3n) is 2.28. The zero-order valence-corrected chi connectivity index (χ0v) is 9.50. The topological polar surface area (TPSA) is 56.7 Å². The maximum Gasteiger partial charge on any atom is 0.161 e. The van der Waals surface area contributed by atoms with Crippen molar-refractivity contribution in [3.05, 3.63) is 18.6 Å². The number of nitrogens with two attached hydrogens (primary N) is 1. The summed E-state index contributed by atoms with van der Waals surface area (Å²) in [7, 11) is 0. The van der Waals surface area contributed by atoms with E-state index in [-0.39, 0.29) is 0 Å². The Morgan fingerprint density at radius 2 is 2.33 bits per heavy atom. The summed E-state index contributed by atoms with van der Waals surface area (Å²) >= 11 is 1.85. The lowest BCUT2D eigenvalue weighted by Gasteiger charge is -2.02. The molecule has 0 spiro atoms. The largest absolute Gasteiger partial charge is 0.397 e. The summed E-state index contributed by atoms with van der Waals surface area (Å²) in [5, 5.41) is 0. The summed E-state index contributed by atoms with van der Waals surface area (Å²) in [5.41, 5.74) is 8.19. The van der Waals surface area contributed by atoms with Crippen molar-refractivity contribution in [3.8, 4) is 0 Å². The van der Waals surface area contributed by atoms with Crippen LogP contribution in [0.25, 0.3) is 11.2 Å². The lowest BCUT2D eigenvalue weighted by atomic mass is 10.4. The van der Waals surface area contributed by atoms with Crippen molar-refractivity contribution in [2.24, 2.45) is 0 Å². The summed E-state index contributed by atoms with van der Waals surface area (Å²) < 4.78 is 2.06. The lowest BCUT2D eigenvalue weighted by Crippen LogP contribution is -1.99. The second-order valence-electron chi connectivity index (χ2n) is 3.36. The van der Waals surface area contributed by atoms with Crippen molar-refractivity contribution in [2.45, 2.75) is 13.0 Å². The molecular formula is C10H14N4S.